The molecule has 1 aromatic rings. The van der Waals surface area contributed by atoms with Crippen LogP contribution in [0.2, 0.25) is 0 Å². The number of hydrogen-bond donors (Lipinski definition) is 1. The highest BCUT2D eigenvalue weighted by molar-refractivity contribution is 8.04. The molecule has 3 rings (SSSR count). The molecule has 1 aromatic heterocycles. The highest BCUT2D eigenvalue weighted by Gasteiger charge is 2.49. The Morgan fingerprint density at radius 3 is 2.96 bits per heavy atom. The Balaban J connectivity index is 1.74. The predicted octanol–water partition coefficient (Wildman–Crippen LogP) is 2.25. The summed E-state index contributed by atoms with van der Waals surface area (Å²) in [7, 11) is 0. The maximum absolute atomic E-state index is 12.9. The standard InChI is InChI=1S/C18H21N3O3S2/c1-2-3-8-19-15(22)12-21-14-7-11-26-16(14)17(23)20(18(21)24)9-6-13-5-4-10-25-13/h4-5,7,10-11,16H,2-3,6,8-9,12H2,1H3/p+1. The molecule has 0 fully saturated rings. The van der Waals surface area contributed by atoms with Gasteiger partial charge in [-0.15, -0.1) is 23.1 Å². The molecule has 1 atom stereocenters. The lowest BCUT2D eigenvalue weighted by Crippen LogP contribution is -2.57. The minimum absolute atomic E-state index is 0.0535. The summed E-state index contributed by atoms with van der Waals surface area (Å²) in [5.41, 5.74) is 0.614. The van der Waals surface area contributed by atoms with Crippen LogP contribution in [0.3, 0.4) is 0 Å². The molecular formula is C18H22N3O3S2+. The van der Waals surface area contributed by atoms with E-state index in [-0.39, 0.29) is 18.4 Å². The maximum Gasteiger partial charge on any atom is 0.501 e. The molecule has 26 heavy (non-hydrogen) atoms. The number of allylic oxidation sites excluding steroid dienone is 1. The van der Waals surface area contributed by atoms with Gasteiger partial charge in [-0.1, -0.05) is 19.4 Å². The Morgan fingerprint density at radius 1 is 1.38 bits per heavy atom. The number of urea groups is 1. The van der Waals surface area contributed by atoms with Gasteiger partial charge in [0.05, 0.1) is 0 Å². The van der Waals surface area contributed by atoms with E-state index in [1.54, 1.807) is 17.4 Å². The number of carbonyl (C=O) groups excluding carboxylic acids is 3. The van der Waals surface area contributed by atoms with Gasteiger partial charge in [0.2, 0.25) is 0 Å². The van der Waals surface area contributed by atoms with Crippen LogP contribution in [0.5, 0.6) is 0 Å². The number of imide groups is 1. The Hall–Kier alpha value is -1.93. The van der Waals surface area contributed by atoms with Crippen LogP contribution in [0.15, 0.2) is 29.0 Å². The molecule has 0 aliphatic carbocycles. The lowest BCUT2D eigenvalue weighted by Gasteiger charge is -2.24. The molecule has 8 heteroatoms. The van der Waals surface area contributed by atoms with Crippen molar-refractivity contribution in [1.29, 1.82) is 0 Å². The van der Waals surface area contributed by atoms with Crippen LogP contribution in [0, 0.1) is 0 Å². The maximum atomic E-state index is 12.9. The highest BCUT2D eigenvalue weighted by Crippen LogP contribution is 2.28. The van der Waals surface area contributed by atoms with Crippen LogP contribution < -0.4 is 5.32 Å². The molecule has 4 amide bonds. The van der Waals surface area contributed by atoms with Crippen molar-refractivity contribution in [1.82, 2.24) is 10.2 Å². The van der Waals surface area contributed by atoms with Crippen LogP contribution in [0.1, 0.15) is 24.6 Å². The minimum Gasteiger partial charge on any atom is -0.353 e. The van der Waals surface area contributed by atoms with Crippen molar-refractivity contribution in [3.05, 3.63) is 33.9 Å². The van der Waals surface area contributed by atoms with Crippen molar-refractivity contribution in [2.24, 2.45) is 0 Å². The molecule has 6 nitrogen and oxygen atoms in total. The summed E-state index contributed by atoms with van der Waals surface area (Å²) in [4.78, 5) is 40.2. The zero-order chi connectivity index (χ0) is 18.5. The average molecular weight is 393 g/mol. The summed E-state index contributed by atoms with van der Waals surface area (Å²) in [5.74, 6) is -0.393. The van der Waals surface area contributed by atoms with Gasteiger partial charge in [0.15, 0.2) is 11.8 Å². The third-order valence-corrected chi connectivity index (χ3v) is 6.25. The lowest BCUT2D eigenvalue weighted by molar-refractivity contribution is -0.426. The zero-order valence-corrected chi connectivity index (χ0v) is 16.3. The number of rotatable bonds is 8. The second-order valence-electron chi connectivity index (χ2n) is 6.14. The van der Waals surface area contributed by atoms with E-state index in [0.29, 0.717) is 25.2 Å². The van der Waals surface area contributed by atoms with Gasteiger partial charge in [-0.2, -0.15) is 14.3 Å². The van der Waals surface area contributed by atoms with E-state index < -0.39 is 11.3 Å². The Morgan fingerprint density at radius 2 is 2.23 bits per heavy atom. The van der Waals surface area contributed by atoms with Crippen molar-refractivity contribution < 1.29 is 19.0 Å². The molecule has 2 aliphatic heterocycles. The Labute approximate surface area is 161 Å². The van der Waals surface area contributed by atoms with E-state index in [9.17, 15) is 14.4 Å². The van der Waals surface area contributed by atoms with Crippen LogP contribution in [0.25, 0.3) is 0 Å². The Kier molecular flexibility index (Phi) is 6.26. The van der Waals surface area contributed by atoms with E-state index in [2.05, 4.69) is 12.2 Å². The molecule has 0 bridgehead atoms. The van der Waals surface area contributed by atoms with Crippen molar-refractivity contribution in [2.45, 2.75) is 31.4 Å². The number of unbranched alkanes of at least 4 members (excludes halogenated alkanes) is 1. The molecule has 0 aromatic carbocycles. The smallest absolute Gasteiger partial charge is 0.353 e. The van der Waals surface area contributed by atoms with Crippen LogP contribution in [0.4, 0.5) is 4.79 Å². The molecule has 0 radical (unpaired) electrons. The van der Waals surface area contributed by atoms with E-state index in [1.807, 2.05) is 22.9 Å². The normalized spacial score (nSPS) is 19.3. The number of hydrogen-bond acceptors (Lipinski definition) is 5. The average Bonchev–Trinajstić information content (AvgIpc) is 3.30. The van der Waals surface area contributed by atoms with Crippen LogP contribution >= 0.6 is 23.1 Å². The van der Waals surface area contributed by atoms with Crippen molar-refractivity contribution in [3.63, 3.8) is 0 Å². The van der Waals surface area contributed by atoms with Gasteiger partial charge in [0.25, 0.3) is 5.91 Å². The monoisotopic (exact) mass is 392 g/mol. The predicted molar refractivity (Wildman–Crippen MR) is 104 cm³/mol. The van der Waals surface area contributed by atoms with Gasteiger partial charge in [0.1, 0.15) is 12.3 Å². The van der Waals surface area contributed by atoms with Gasteiger partial charge >= 0.3 is 11.9 Å². The van der Waals surface area contributed by atoms with E-state index in [4.69, 9.17) is 0 Å². The largest absolute Gasteiger partial charge is 0.501 e. The molecule has 1 N–H and O–H groups in total. The first-order valence-corrected chi connectivity index (χ1v) is 10.5. The van der Waals surface area contributed by atoms with Gasteiger partial charge in [-0.05, 0) is 29.4 Å². The fraction of sp³-hybridized carbons (Fsp3) is 0.444. The van der Waals surface area contributed by atoms with Crippen molar-refractivity contribution in [2.75, 3.05) is 19.6 Å². The molecule has 0 saturated carbocycles. The fourth-order valence-electron chi connectivity index (χ4n) is 2.90. The molecular weight excluding hydrogens is 370 g/mol. The summed E-state index contributed by atoms with van der Waals surface area (Å²) in [6.45, 7) is 2.93. The molecule has 1 unspecified atom stereocenters. The SMILES string of the molecule is CCCCNC(=O)C[N+]1=C2C=CSC2C(=O)N(CCc2cccs2)C1=O. The lowest BCUT2D eigenvalue weighted by atomic mass is 10.1. The van der Waals surface area contributed by atoms with Gasteiger partial charge < -0.3 is 5.32 Å². The van der Waals surface area contributed by atoms with Crippen LogP contribution in [-0.4, -0.2) is 57.9 Å². The Bertz CT molecular complexity index is 756. The summed E-state index contributed by atoms with van der Waals surface area (Å²) in [6, 6.07) is 3.54. The number of nitrogens with one attached hydrogen (secondary N) is 1. The topological polar surface area (TPSA) is 69.5 Å². The van der Waals surface area contributed by atoms with E-state index in [0.717, 1.165) is 17.7 Å². The summed E-state index contributed by atoms with van der Waals surface area (Å²) >= 11 is 2.99. The van der Waals surface area contributed by atoms with E-state index in [1.165, 1.54) is 21.2 Å². The summed E-state index contributed by atoms with van der Waals surface area (Å²) in [6.07, 6.45) is 4.29. The van der Waals surface area contributed by atoms with Crippen molar-refractivity contribution >= 4 is 46.7 Å². The molecule has 138 valence electrons. The van der Waals surface area contributed by atoms with E-state index >= 15 is 0 Å². The second kappa shape index (κ2) is 8.64. The quantitative estimate of drug-likeness (QED) is 0.544. The van der Waals surface area contributed by atoms with Gasteiger partial charge in [0, 0.05) is 17.8 Å². The number of thiophene rings is 1. The highest BCUT2D eigenvalue weighted by atomic mass is 32.2. The molecule has 3 heterocycles. The number of fused-ring (bicyclic) bond motifs is 1. The molecule has 2 aliphatic rings. The molecule has 0 spiro atoms. The minimum atomic E-state index is -0.431. The molecule has 0 saturated heterocycles. The number of nitrogens with zero attached hydrogens (tertiary/aromatic N) is 2. The number of amides is 4. The first kappa shape index (κ1) is 18.8. The first-order chi connectivity index (χ1) is 12.6. The second-order valence-corrected chi connectivity index (χ2v) is 8.18. The summed E-state index contributed by atoms with van der Waals surface area (Å²) in [5, 5.41) is 6.19. The van der Waals surface area contributed by atoms with Crippen LogP contribution in [-0.2, 0) is 16.0 Å². The fourth-order valence-corrected chi connectivity index (χ4v) is 4.56. The number of thioether (sulfide) groups is 1. The third-order valence-electron chi connectivity index (χ3n) is 4.30. The zero-order valence-electron chi connectivity index (χ0n) is 14.6. The number of carbonyl (C=O) groups is 3. The summed E-state index contributed by atoms with van der Waals surface area (Å²) < 4.78 is 1.44. The van der Waals surface area contributed by atoms with Gasteiger partial charge in [-0.25, -0.2) is 4.79 Å². The van der Waals surface area contributed by atoms with Gasteiger partial charge in [-0.3, -0.25) is 4.79 Å². The first-order valence-electron chi connectivity index (χ1n) is 8.72. The third kappa shape index (κ3) is 4.07. The van der Waals surface area contributed by atoms with Crippen molar-refractivity contribution in [3.8, 4) is 0 Å².